The molecule has 206 valence electrons. The molecule has 2 saturated carbocycles. The number of carbonyl (C=O) groups is 2. The molecule has 3 aliphatic carbocycles. The standard InChI is InChI=1S/C24H35NO10P2.2Na/c1-24-12-11-17-16-8-6-15(26)13-14(16)5-7-18(17)19(24)9-10-20(24)35-22(28)4-2-3-21(27)25-23(36(29,30)31)37(32,33)34;;/h6,8,13,17-20,23,26H,2-5,7,9-12H2,1H3,(H,25,27)(H2,29,30,31)(H2,32,33,34);;/q;2*+1/p-2/t17-,18-,19+,20+,24+;;/m1../s1. The van der Waals surface area contributed by atoms with E-state index in [0.717, 1.165) is 38.5 Å². The Kier molecular flexibility index (Phi) is 12.5. The number of fused-ring (bicyclic) bond motifs is 5. The molecule has 0 heterocycles. The summed E-state index contributed by atoms with van der Waals surface area (Å²) in [5.74, 6) is 0.0900. The van der Waals surface area contributed by atoms with Gasteiger partial charge in [0.05, 0.1) is 0 Å². The fourth-order valence-corrected chi connectivity index (χ4v) is 8.98. The fourth-order valence-electron chi connectivity index (χ4n) is 6.89. The number of phenolic OH excluding ortho intramolecular Hbond substituents is 1. The molecule has 0 spiro atoms. The molecule has 0 bridgehead atoms. The summed E-state index contributed by atoms with van der Waals surface area (Å²) < 4.78 is 28.1. The molecule has 2 fully saturated rings. The number of benzene rings is 1. The number of carbonyl (C=O) groups excluding carboxylic acids is 2. The predicted octanol–water partition coefficient (Wildman–Crippen LogP) is -4.17. The third-order valence-electron chi connectivity index (χ3n) is 8.59. The van der Waals surface area contributed by atoms with Crippen molar-refractivity contribution < 1.29 is 107 Å². The van der Waals surface area contributed by atoms with Gasteiger partial charge in [-0.3, -0.25) is 9.59 Å². The molecule has 0 aliphatic heterocycles. The number of phenols is 1. The maximum absolute atomic E-state index is 12.6. The number of hydrogen-bond donors (Lipinski definition) is 4. The third-order valence-corrected chi connectivity index (χ3v) is 11.8. The van der Waals surface area contributed by atoms with Gasteiger partial charge in [-0.15, -0.1) is 0 Å². The topological polar surface area (TPSA) is 196 Å². The van der Waals surface area contributed by atoms with Crippen molar-refractivity contribution in [3.63, 3.8) is 0 Å². The molecule has 15 heteroatoms. The number of aryl methyl sites for hydroxylation is 1. The second kappa shape index (κ2) is 13.7. The minimum absolute atomic E-state index is 0. The number of amides is 1. The average Bonchev–Trinajstić information content (AvgIpc) is 3.11. The number of esters is 1. The Bertz CT molecular complexity index is 1140. The fraction of sp³-hybridized carbons (Fsp3) is 0.667. The van der Waals surface area contributed by atoms with Gasteiger partial charge in [-0.2, -0.15) is 0 Å². The van der Waals surface area contributed by atoms with Crippen molar-refractivity contribution in [2.45, 2.75) is 82.3 Å². The van der Waals surface area contributed by atoms with Gasteiger partial charge < -0.3 is 43.9 Å². The number of nitrogens with one attached hydrogen (secondary N) is 1. The van der Waals surface area contributed by atoms with Gasteiger partial charge in [0.15, 0.2) is 20.7 Å². The van der Waals surface area contributed by atoms with E-state index in [0.29, 0.717) is 23.5 Å². The van der Waals surface area contributed by atoms with E-state index >= 15 is 0 Å². The first-order valence-electron chi connectivity index (χ1n) is 12.6. The SMILES string of the molecule is C[C@]12CC[C@@H]3c4ccc(O)cc4CC[C@H]3[C@@H]1CC[C@@H]2OC(=O)CCCC(=O)NC(P(=O)([O-])O)P(=O)([O-])O.[Na+].[Na+]. The van der Waals surface area contributed by atoms with E-state index in [1.165, 1.54) is 11.1 Å². The Hall–Kier alpha value is 0.260. The number of ether oxygens (including phenoxy) is 1. The van der Waals surface area contributed by atoms with Crippen molar-refractivity contribution in [1.29, 1.82) is 0 Å². The van der Waals surface area contributed by atoms with E-state index in [1.807, 2.05) is 12.1 Å². The van der Waals surface area contributed by atoms with Crippen LogP contribution < -0.4 is 74.2 Å². The minimum atomic E-state index is -5.59. The van der Waals surface area contributed by atoms with Gasteiger partial charge in [0.1, 0.15) is 11.9 Å². The van der Waals surface area contributed by atoms with Crippen LogP contribution in [0.4, 0.5) is 0 Å². The number of hydrogen-bond acceptors (Lipinski definition) is 8. The van der Waals surface area contributed by atoms with Crippen molar-refractivity contribution in [3.05, 3.63) is 29.3 Å². The predicted molar refractivity (Wildman–Crippen MR) is 128 cm³/mol. The van der Waals surface area contributed by atoms with Crippen LogP contribution in [0.1, 0.15) is 75.3 Å². The van der Waals surface area contributed by atoms with Crippen molar-refractivity contribution in [1.82, 2.24) is 5.32 Å². The van der Waals surface area contributed by atoms with Crippen LogP contribution in [-0.2, 0) is 29.9 Å². The van der Waals surface area contributed by atoms with Crippen LogP contribution in [0.15, 0.2) is 18.2 Å². The van der Waals surface area contributed by atoms with Gasteiger partial charge in [0, 0.05) is 18.3 Å². The molecule has 1 amide bonds. The van der Waals surface area contributed by atoms with Crippen LogP contribution in [0.5, 0.6) is 5.75 Å². The van der Waals surface area contributed by atoms with E-state index in [1.54, 1.807) is 11.4 Å². The van der Waals surface area contributed by atoms with E-state index in [9.17, 15) is 33.6 Å². The van der Waals surface area contributed by atoms with Crippen LogP contribution in [-0.4, -0.2) is 38.4 Å². The summed E-state index contributed by atoms with van der Waals surface area (Å²) in [7, 11) is -11.2. The van der Waals surface area contributed by atoms with Crippen LogP contribution in [0.2, 0.25) is 0 Å². The molecule has 1 aromatic rings. The first kappa shape index (κ1) is 35.5. The van der Waals surface area contributed by atoms with Crippen LogP contribution in [0, 0.1) is 17.3 Å². The normalized spacial score (nSPS) is 30.9. The molecule has 0 aromatic heterocycles. The molecule has 2 unspecified atom stereocenters. The summed E-state index contributed by atoms with van der Waals surface area (Å²) in [6, 6.07) is 5.66. The zero-order valence-electron chi connectivity index (χ0n) is 22.6. The molecule has 0 radical (unpaired) electrons. The van der Waals surface area contributed by atoms with Crippen molar-refractivity contribution >= 4 is 27.1 Å². The smallest absolute Gasteiger partial charge is 0.777 e. The first-order chi connectivity index (χ1) is 17.2. The van der Waals surface area contributed by atoms with E-state index in [4.69, 9.17) is 14.5 Å². The van der Waals surface area contributed by atoms with Crippen LogP contribution >= 0.6 is 15.2 Å². The zero-order chi connectivity index (χ0) is 27.2. The summed E-state index contributed by atoms with van der Waals surface area (Å²) >= 11 is 0. The second-order valence-electron chi connectivity index (χ2n) is 10.8. The second-order valence-corrected chi connectivity index (χ2v) is 14.5. The van der Waals surface area contributed by atoms with Gasteiger partial charge in [0.2, 0.25) is 5.91 Å². The molecule has 3 aliphatic rings. The minimum Gasteiger partial charge on any atom is -0.777 e. The zero-order valence-corrected chi connectivity index (χ0v) is 28.4. The molecular weight excluding hydrogens is 570 g/mol. The Morgan fingerprint density at radius 3 is 2.41 bits per heavy atom. The largest absolute Gasteiger partial charge is 1.00 e. The summed E-state index contributed by atoms with van der Waals surface area (Å²) in [6.07, 6.45) is 4.77. The van der Waals surface area contributed by atoms with Crippen molar-refractivity contribution in [3.8, 4) is 5.75 Å². The molecule has 1 aromatic carbocycles. The molecule has 7 atom stereocenters. The molecule has 4 N–H and O–H groups in total. The summed E-state index contributed by atoms with van der Waals surface area (Å²) in [4.78, 5) is 64.7. The van der Waals surface area contributed by atoms with Crippen molar-refractivity contribution in [2.24, 2.45) is 17.3 Å². The monoisotopic (exact) mass is 603 g/mol. The Balaban J connectivity index is 0.00000267. The van der Waals surface area contributed by atoms with E-state index in [-0.39, 0.29) is 83.5 Å². The van der Waals surface area contributed by atoms with E-state index in [2.05, 4.69) is 6.92 Å². The maximum Gasteiger partial charge on any atom is 1.00 e. The van der Waals surface area contributed by atoms with E-state index < -0.39 is 39.0 Å². The van der Waals surface area contributed by atoms with Gasteiger partial charge in [-0.05, 0) is 86.0 Å². The number of aromatic hydroxyl groups is 1. The molecule has 4 rings (SSSR count). The van der Waals surface area contributed by atoms with Gasteiger partial charge in [-0.1, -0.05) is 13.0 Å². The van der Waals surface area contributed by atoms with Gasteiger partial charge >= 0.3 is 65.1 Å². The van der Waals surface area contributed by atoms with Gasteiger partial charge in [-0.25, -0.2) is 0 Å². The average molecular weight is 603 g/mol. The Morgan fingerprint density at radius 1 is 1.10 bits per heavy atom. The van der Waals surface area contributed by atoms with Gasteiger partial charge in [0.25, 0.3) is 0 Å². The summed E-state index contributed by atoms with van der Waals surface area (Å²) in [5, 5.41) is 11.4. The molecule has 39 heavy (non-hydrogen) atoms. The molecule has 11 nitrogen and oxygen atoms in total. The summed E-state index contributed by atoms with van der Waals surface area (Å²) in [5.41, 5.74) is -0.443. The number of rotatable bonds is 8. The van der Waals surface area contributed by atoms with Crippen LogP contribution in [0.25, 0.3) is 0 Å². The summed E-state index contributed by atoms with van der Waals surface area (Å²) in [6.45, 7) is 2.19. The van der Waals surface area contributed by atoms with Crippen molar-refractivity contribution in [2.75, 3.05) is 0 Å². The Labute approximate surface area is 272 Å². The maximum atomic E-state index is 12.6. The first-order valence-corrected chi connectivity index (χ1v) is 15.9. The quantitative estimate of drug-likeness (QED) is 0.129. The van der Waals surface area contributed by atoms with Crippen LogP contribution in [0.3, 0.4) is 0 Å². The molecular formula is C24H33NNa2O10P2. The third kappa shape index (κ3) is 8.01. The Morgan fingerprint density at radius 2 is 1.77 bits per heavy atom. The molecule has 0 saturated heterocycles.